The van der Waals surface area contributed by atoms with Crippen molar-refractivity contribution >= 4 is 17.3 Å². The first-order valence-electron chi connectivity index (χ1n) is 4.84. The Morgan fingerprint density at radius 2 is 2.33 bits per heavy atom. The molecule has 0 amide bonds. The maximum Gasteiger partial charge on any atom is 0.123 e. The Morgan fingerprint density at radius 3 is 2.93 bits per heavy atom. The molecule has 0 bridgehead atoms. The molecule has 1 fully saturated rings. The summed E-state index contributed by atoms with van der Waals surface area (Å²) in [6.07, 6.45) is 0.704. The zero-order valence-corrected chi connectivity index (χ0v) is 9.04. The molecule has 2 N–H and O–H groups in total. The van der Waals surface area contributed by atoms with Gasteiger partial charge >= 0.3 is 0 Å². The SMILES string of the molecule is N#CC1(N)CCN(c2cccc(Cl)c2)C1. The van der Waals surface area contributed by atoms with Crippen LogP contribution in [-0.2, 0) is 0 Å². The van der Waals surface area contributed by atoms with Crippen molar-refractivity contribution in [3.8, 4) is 6.07 Å². The minimum atomic E-state index is -0.706. The fraction of sp³-hybridized carbons (Fsp3) is 0.364. The van der Waals surface area contributed by atoms with E-state index >= 15 is 0 Å². The zero-order chi connectivity index (χ0) is 10.9. The molecule has 1 aliphatic heterocycles. The van der Waals surface area contributed by atoms with Gasteiger partial charge in [-0.3, -0.25) is 0 Å². The molecule has 0 spiro atoms. The number of benzene rings is 1. The van der Waals surface area contributed by atoms with E-state index < -0.39 is 5.54 Å². The molecule has 4 heteroatoms. The van der Waals surface area contributed by atoms with E-state index in [1.807, 2.05) is 24.3 Å². The van der Waals surface area contributed by atoms with Crippen molar-refractivity contribution in [1.82, 2.24) is 0 Å². The van der Waals surface area contributed by atoms with Gasteiger partial charge in [0.2, 0.25) is 0 Å². The Morgan fingerprint density at radius 1 is 1.53 bits per heavy atom. The standard InChI is InChI=1S/C11H12ClN3/c12-9-2-1-3-10(6-9)15-5-4-11(14,7-13)8-15/h1-3,6H,4-5,8,14H2. The molecule has 0 saturated carbocycles. The van der Waals surface area contributed by atoms with Crippen LogP contribution in [0.1, 0.15) is 6.42 Å². The Hall–Kier alpha value is -1.24. The van der Waals surface area contributed by atoms with Gasteiger partial charge in [-0.1, -0.05) is 17.7 Å². The van der Waals surface area contributed by atoms with Gasteiger partial charge in [-0.2, -0.15) is 5.26 Å². The summed E-state index contributed by atoms with van der Waals surface area (Å²) in [7, 11) is 0. The van der Waals surface area contributed by atoms with Gasteiger partial charge in [0.15, 0.2) is 0 Å². The van der Waals surface area contributed by atoms with Gasteiger partial charge in [-0.15, -0.1) is 0 Å². The third kappa shape index (κ3) is 2.06. The van der Waals surface area contributed by atoms with Crippen LogP contribution in [0.4, 0.5) is 5.69 Å². The van der Waals surface area contributed by atoms with Crippen LogP contribution in [0.5, 0.6) is 0 Å². The number of anilines is 1. The van der Waals surface area contributed by atoms with Crippen LogP contribution in [0.2, 0.25) is 5.02 Å². The maximum absolute atomic E-state index is 8.92. The third-order valence-electron chi connectivity index (χ3n) is 2.70. The summed E-state index contributed by atoms with van der Waals surface area (Å²) in [6.45, 7) is 1.38. The lowest BCUT2D eigenvalue weighted by atomic mass is 10.0. The molecule has 0 aromatic heterocycles. The molecule has 1 saturated heterocycles. The summed E-state index contributed by atoms with van der Waals surface area (Å²) >= 11 is 5.91. The highest BCUT2D eigenvalue weighted by molar-refractivity contribution is 6.30. The van der Waals surface area contributed by atoms with Crippen molar-refractivity contribution in [1.29, 1.82) is 5.26 Å². The van der Waals surface area contributed by atoms with E-state index in [1.54, 1.807) is 0 Å². The Bertz CT molecular complexity index is 413. The van der Waals surface area contributed by atoms with Crippen LogP contribution in [0, 0.1) is 11.3 Å². The molecule has 2 rings (SSSR count). The number of hydrogen-bond acceptors (Lipinski definition) is 3. The van der Waals surface area contributed by atoms with E-state index in [2.05, 4.69) is 11.0 Å². The summed E-state index contributed by atoms with van der Waals surface area (Å²) < 4.78 is 0. The average molecular weight is 222 g/mol. The lowest BCUT2D eigenvalue weighted by Crippen LogP contribution is -2.41. The minimum absolute atomic E-state index is 0.573. The van der Waals surface area contributed by atoms with E-state index in [4.69, 9.17) is 22.6 Å². The lowest BCUT2D eigenvalue weighted by Gasteiger charge is -2.20. The number of rotatable bonds is 1. The minimum Gasteiger partial charge on any atom is -0.368 e. The molecular formula is C11H12ClN3. The molecular weight excluding hydrogens is 210 g/mol. The van der Waals surface area contributed by atoms with E-state index in [1.165, 1.54) is 0 Å². The van der Waals surface area contributed by atoms with Crippen molar-refractivity contribution in [2.45, 2.75) is 12.0 Å². The van der Waals surface area contributed by atoms with Crippen LogP contribution in [-0.4, -0.2) is 18.6 Å². The first-order chi connectivity index (χ1) is 7.13. The fourth-order valence-corrected chi connectivity index (χ4v) is 2.00. The van der Waals surface area contributed by atoms with Crippen molar-refractivity contribution in [2.24, 2.45) is 5.73 Å². The molecule has 1 heterocycles. The number of halogens is 1. The highest BCUT2D eigenvalue weighted by Crippen LogP contribution is 2.26. The highest BCUT2D eigenvalue weighted by Gasteiger charge is 2.34. The van der Waals surface area contributed by atoms with Crippen molar-refractivity contribution < 1.29 is 0 Å². The van der Waals surface area contributed by atoms with Crippen LogP contribution >= 0.6 is 11.6 Å². The second-order valence-electron chi connectivity index (χ2n) is 3.92. The quantitative estimate of drug-likeness (QED) is 0.787. The first-order valence-corrected chi connectivity index (χ1v) is 5.21. The second kappa shape index (κ2) is 3.73. The molecule has 1 atom stereocenters. The summed E-state index contributed by atoms with van der Waals surface area (Å²) in [6, 6.07) is 9.77. The topological polar surface area (TPSA) is 53.1 Å². The van der Waals surface area contributed by atoms with E-state index in [9.17, 15) is 0 Å². The number of nitriles is 1. The normalized spacial score (nSPS) is 25.3. The van der Waals surface area contributed by atoms with Gasteiger partial charge in [-0.25, -0.2) is 0 Å². The number of nitrogens with two attached hydrogens (primary N) is 1. The Kier molecular flexibility index (Phi) is 2.56. The molecule has 1 aromatic rings. The molecule has 1 aliphatic rings. The predicted molar refractivity (Wildman–Crippen MR) is 60.8 cm³/mol. The summed E-state index contributed by atoms with van der Waals surface area (Å²) in [5.41, 5.74) is 6.21. The van der Waals surface area contributed by atoms with Crippen LogP contribution in [0.3, 0.4) is 0 Å². The van der Waals surface area contributed by atoms with Crippen molar-refractivity contribution in [2.75, 3.05) is 18.0 Å². The second-order valence-corrected chi connectivity index (χ2v) is 4.36. The average Bonchev–Trinajstić information content (AvgIpc) is 2.62. The summed E-state index contributed by atoms with van der Waals surface area (Å²) in [5, 5.41) is 9.62. The van der Waals surface area contributed by atoms with Gasteiger partial charge in [-0.05, 0) is 24.6 Å². The monoisotopic (exact) mass is 221 g/mol. The molecule has 3 nitrogen and oxygen atoms in total. The molecule has 15 heavy (non-hydrogen) atoms. The molecule has 0 aliphatic carbocycles. The smallest absolute Gasteiger partial charge is 0.123 e. The molecule has 78 valence electrons. The van der Waals surface area contributed by atoms with Gasteiger partial charge in [0.1, 0.15) is 5.54 Å². The van der Waals surface area contributed by atoms with Gasteiger partial charge in [0, 0.05) is 23.8 Å². The third-order valence-corrected chi connectivity index (χ3v) is 2.93. The van der Waals surface area contributed by atoms with Crippen LogP contribution in [0.15, 0.2) is 24.3 Å². The lowest BCUT2D eigenvalue weighted by molar-refractivity contribution is 0.606. The predicted octanol–water partition coefficient (Wildman–Crippen LogP) is 1.77. The molecule has 1 unspecified atom stereocenters. The fourth-order valence-electron chi connectivity index (χ4n) is 1.82. The first kappa shape index (κ1) is 10.3. The van der Waals surface area contributed by atoms with Crippen molar-refractivity contribution in [3.05, 3.63) is 29.3 Å². The van der Waals surface area contributed by atoms with Crippen molar-refractivity contribution in [3.63, 3.8) is 0 Å². The highest BCUT2D eigenvalue weighted by atomic mass is 35.5. The zero-order valence-electron chi connectivity index (χ0n) is 8.28. The van der Waals surface area contributed by atoms with E-state index in [0.29, 0.717) is 18.0 Å². The van der Waals surface area contributed by atoms with Crippen LogP contribution in [0.25, 0.3) is 0 Å². The maximum atomic E-state index is 8.92. The summed E-state index contributed by atoms with van der Waals surface area (Å²) in [4.78, 5) is 2.09. The van der Waals surface area contributed by atoms with E-state index in [0.717, 1.165) is 12.2 Å². The van der Waals surface area contributed by atoms with Gasteiger partial charge in [0.05, 0.1) is 6.07 Å². The van der Waals surface area contributed by atoms with Gasteiger partial charge < -0.3 is 10.6 Å². The van der Waals surface area contributed by atoms with Gasteiger partial charge in [0.25, 0.3) is 0 Å². The molecule has 0 radical (unpaired) electrons. The largest absolute Gasteiger partial charge is 0.368 e. The Balaban J connectivity index is 2.19. The summed E-state index contributed by atoms with van der Waals surface area (Å²) in [5.74, 6) is 0. The van der Waals surface area contributed by atoms with Crippen LogP contribution < -0.4 is 10.6 Å². The number of nitrogens with zero attached hydrogens (tertiary/aromatic N) is 2. The molecule has 1 aromatic carbocycles. The van der Waals surface area contributed by atoms with E-state index in [-0.39, 0.29) is 0 Å². The number of hydrogen-bond donors (Lipinski definition) is 1. The Labute approximate surface area is 94.0 Å².